The van der Waals surface area contributed by atoms with Crippen molar-refractivity contribution in [2.75, 3.05) is 0 Å². The number of nitrogens with zero attached hydrogens (tertiary/aromatic N) is 2. The number of para-hydroxylation sites is 1. The molecule has 2 aliphatic rings. The van der Waals surface area contributed by atoms with E-state index in [4.69, 9.17) is 5.10 Å². The Labute approximate surface area is 170 Å². The first-order chi connectivity index (χ1) is 13.6. The largest absolute Gasteiger partial charge is 0.233 e. The number of aromatic nitrogens is 2. The van der Waals surface area contributed by atoms with Gasteiger partial charge in [0.05, 0.1) is 17.4 Å². The molecule has 148 valence electrons. The topological polar surface area (TPSA) is 17.8 Å². The number of hydrogen-bond acceptors (Lipinski definition) is 1. The van der Waals surface area contributed by atoms with E-state index in [9.17, 15) is 0 Å². The maximum atomic E-state index is 4.84. The fraction of sp³-hybridized carbons (Fsp3) is 0.500. The van der Waals surface area contributed by atoms with Gasteiger partial charge < -0.3 is 0 Å². The average Bonchev–Trinajstić information content (AvgIpc) is 3.48. The summed E-state index contributed by atoms with van der Waals surface area (Å²) < 4.78 is 2.19. The van der Waals surface area contributed by atoms with E-state index in [0.717, 1.165) is 24.7 Å². The van der Waals surface area contributed by atoms with Crippen molar-refractivity contribution >= 4 is 10.9 Å². The minimum Gasteiger partial charge on any atom is -0.233 e. The first kappa shape index (κ1) is 19.2. The van der Waals surface area contributed by atoms with Crippen LogP contribution in [0.5, 0.6) is 0 Å². The predicted molar refractivity (Wildman–Crippen MR) is 120 cm³/mol. The summed E-state index contributed by atoms with van der Waals surface area (Å²) in [6.07, 6.45) is 8.46. The summed E-state index contributed by atoms with van der Waals surface area (Å²) in [6, 6.07) is 13.7. The molecular weight excluding hydrogens is 340 g/mol. The molecule has 0 spiro atoms. The maximum Gasteiger partial charge on any atom is 0.0744 e. The lowest BCUT2D eigenvalue weighted by Crippen LogP contribution is -2.22. The van der Waals surface area contributed by atoms with Crippen LogP contribution in [0.3, 0.4) is 0 Å². The molecule has 2 aromatic carbocycles. The van der Waals surface area contributed by atoms with E-state index in [-0.39, 0.29) is 5.41 Å². The highest BCUT2D eigenvalue weighted by Gasteiger charge is 2.37. The Morgan fingerprint density at radius 2 is 1.64 bits per heavy atom. The SMILES string of the molecule is CC.CCC(C)(CC)c1ccccc1-n1ncc2cc3c(cc21)C1CCC3C1. The summed E-state index contributed by atoms with van der Waals surface area (Å²) in [6.45, 7) is 11.0. The second kappa shape index (κ2) is 7.39. The van der Waals surface area contributed by atoms with Crippen LogP contribution < -0.4 is 0 Å². The number of fused-ring (bicyclic) bond motifs is 6. The molecule has 0 N–H and O–H groups in total. The molecule has 28 heavy (non-hydrogen) atoms. The van der Waals surface area contributed by atoms with Crippen molar-refractivity contribution in [3.63, 3.8) is 0 Å². The lowest BCUT2D eigenvalue weighted by molar-refractivity contribution is 0.437. The zero-order valence-corrected chi connectivity index (χ0v) is 18.1. The monoisotopic (exact) mass is 374 g/mol. The molecule has 0 aliphatic heterocycles. The van der Waals surface area contributed by atoms with Gasteiger partial charge in [-0.2, -0.15) is 5.10 Å². The normalized spacial score (nSPS) is 20.2. The molecule has 1 aromatic heterocycles. The van der Waals surface area contributed by atoms with Crippen molar-refractivity contribution in [3.05, 3.63) is 59.3 Å². The highest BCUT2D eigenvalue weighted by Crippen LogP contribution is 2.53. The third kappa shape index (κ3) is 2.80. The van der Waals surface area contributed by atoms with Crippen molar-refractivity contribution in [3.8, 4) is 5.69 Å². The van der Waals surface area contributed by atoms with Gasteiger partial charge in [0.25, 0.3) is 0 Å². The van der Waals surface area contributed by atoms with Gasteiger partial charge in [-0.05, 0) is 84.2 Å². The van der Waals surface area contributed by atoms with E-state index >= 15 is 0 Å². The Morgan fingerprint density at radius 1 is 1.00 bits per heavy atom. The Hall–Kier alpha value is -2.09. The van der Waals surface area contributed by atoms with Crippen LogP contribution >= 0.6 is 0 Å². The summed E-state index contributed by atoms with van der Waals surface area (Å²) in [7, 11) is 0. The lowest BCUT2D eigenvalue weighted by atomic mass is 9.77. The molecule has 1 heterocycles. The number of benzene rings is 2. The highest BCUT2D eigenvalue weighted by atomic mass is 15.3. The van der Waals surface area contributed by atoms with E-state index in [1.165, 1.54) is 41.4 Å². The Kier molecular flexibility index (Phi) is 5.07. The van der Waals surface area contributed by atoms with E-state index in [1.54, 1.807) is 11.1 Å². The van der Waals surface area contributed by atoms with Crippen molar-refractivity contribution in [1.82, 2.24) is 9.78 Å². The zero-order valence-electron chi connectivity index (χ0n) is 18.1. The van der Waals surface area contributed by atoms with Crippen molar-refractivity contribution < 1.29 is 0 Å². The smallest absolute Gasteiger partial charge is 0.0744 e. The third-order valence-electron chi connectivity index (χ3n) is 7.43. The molecular formula is C26H34N2. The van der Waals surface area contributed by atoms with Crippen molar-refractivity contribution in [1.29, 1.82) is 0 Å². The van der Waals surface area contributed by atoms with Crippen molar-refractivity contribution in [2.45, 2.75) is 84.0 Å². The minimum atomic E-state index is 0.185. The van der Waals surface area contributed by atoms with E-state index in [0.29, 0.717) is 0 Å². The van der Waals surface area contributed by atoms with Crippen LogP contribution in [-0.4, -0.2) is 9.78 Å². The average molecular weight is 375 g/mol. The standard InChI is InChI=1S/C24H28N2.C2H6/c1-4-24(3,5-2)21-8-6-7-9-22(21)26-23-14-20-17-11-10-16(12-17)19(20)13-18(23)15-25-26;1-2/h6-9,13-17H,4-5,10-12H2,1-3H3;1-2H3. The highest BCUT2D eigenvalue weighted by molar-refractivity contribution is 5.83. The molecule has 2 unspecified atom stereocenters. The third-order valence-corrected chi connectivity index (χ3v) is 7.43. The fourth-order valence-electron chi connectivity index (χ4n) is 5.35. The Morgan fingerprint density at radius 3 is 2.32 bits per heavy atom. The molecule has 1 fully saturated rings. The summed E-state index contributed by atoms with van der Waals surface area (Å²) in [5.74, 6) is 1.59. The second-order valence-electron chi connectivity index (χ2n) is 8.59. The Bertz CT molecular complexity index is 977. The number of rotatable bonds is 4. The minimum absolute atomic E-state index is 0.185. The molecule has 5 rings (SSSR count). The molecule has 1 saturated carbocycles. The summed E-state index contributed by atoms with van der Waals surface area (Å²) in [5, 5.41) is 6.13. The van der Waals surface area contributed by atoms with Gasteiger partial charge in [-0.15, -0.1) is 0 Å². The number of hydrogen-bond donors (Lipinski definition) is 0. The quantitative estimate of drug-likeness (QED) is 0.462. The van der Waals surface area contributed by atoms with Crippen LogP contribution in [0.1, 0.15) is 95.2 Å². The van der Waals surface area contributed by atoms with Crippen LogP contribution in [0, 0.1) is 0 Å². The first-order valence-electron chi connectivity index (χ1n) is 11.3. The molecule has 2 atom stereocenters. The van der Waals surface area contributed by atoms with Crippen LogP contribution in [0.25, 0.3) is 16.6 Å². The predicted octanol–water partition coefficient (Wildman–Crippen LogP) is 7.49. The molecule has 3 aromatic rings. The van der Waals surface area contributed by atoms with Crippen molar-refractivity contribution in [2.24, 2.45) is 0 Å². The van der Waals surface area contributed by atoms with E-state index in [1.807, 2.05) is 13.8 Å². The van der Waals surface area contributed by atoms with Crippen LogP contribution in [0.4, 0.5) is 0 Å². The van der Waals surface area contributed by atoms with Gasteiger partial charge >= 0.3 is 0 Å². The van der Waals surface area contributed by atoms with Crippen LogP contribution in [-0.2, 0) is 5.41 Å². The molecule has 0 saturated heterocycles. The van der Waals surface area contributed by atoms with Gasteiger partial charge in [0.1, 0.15) is 0 Å². The zero-order chi connectivity index (χ0) is 19.9. The van der Waals surface area contributed by atoms with Gasteiger partial charge in [-0.25, -0.2) is 4.68 Å². The molecule has 2 heteroatoms. The fourth-order valence-corrected chi connectivity index (χ4v) is 5.35. The van der Waals surface area contributed by atoms with Gasteiger partial charge in [0.15, 0.2) is 0 Å². The van der Waals surface area contributed by atoms with Gasteiger partial charge in [0.2, 0.25) is 0 Å². The molecule has 2 bridgehead atoms. The molecule has 0 amide bonds. The lowest BCUT2D eigenvalue weighted by Gasteiger charge is -2.29. The summed E-state index contributed by atoms with van der Waals surface area (Å²) in [5.41, 5.74) is 7.33. The first-order valence-corrected chi connectivity index (χ1v) is 11.3. The van der Waals surface area contributed by atoms with Gasteiger partial charge in [-0.3, -0.25) is 0 Å². The Balaban J connectivity index is 0.000000932. The maximum absolute atomic E-state index is 4.84. The summed E-state index contributed by atoms with van der Waals surface area (Å²) in [4.78, 5) is 0. The van der Waals surface area contributed by atoms with Gasteiger partial charge in [0, 0.05) is 5.39 Å². The van der Waals surface area contributed by atoms with Gasteiger partial charge in [-0.1, -0.05) is 52.8 Å². The van der Waals surface area contributed by atoms with E-state index < -0.39 is 0 Å². The molecule has 2 nitrogen and oxygen atoms in total. The van der Waals surface area contributed by atoms with Crippen LogP contribution in [0.2, 0.25) is 0 Å². The second-order valence-corrected chi connectivity index (χ2v) is 8.59. The van der Waals surface area contributed by atoms with Crippen LogP contribution in [0.15, 0.2) is 42.6 Å². The molecule has 2 aliphatic carbocycles. The summed E-state index contributed by atoms with van der Waals surface area (Å²) >= 11 is 0. The van der Waals surface area contributed by atoms with E-state index in [2.05, 4.69) is 68.0 Å². The molecule has 0 radical (unpaired) electrons.